The van der Waals surface area contributed by atoms with Gasteiger partial charge in [-0.3, -0.25) is 4.79 Å². The van der Waals surface area contributed by atoms with Gasteiger partial charge in [-0.2, -0.15) is 0 Å². The molecule has 0 bridgehead atoms. The lowest BCUT2D eigenvalue weighted by molar-refractivity contribution is -0.114. The largest absolute Gasteiger partial charge is 0.494 e. The van der Waals surface area contributed by atoms with E-state index < -0.39 is 0 Å². The fourth-order valence-electron chi connectivity index (χ4n) is 1.30. The number of carbonyl (C=O) groups is 1. The number of nitrogens with one attached hydrogen (secondary N) is 2. The Hall–Kier alpha value is -1.71. The van der Waals surface area contributed by atoms with E-state index >= 15 is 0 Å². The van der Waals surface area contributed by atoms with Gasteiger partial charge in [0.15, 0.2) is 0 Å². The molecule has 0 fully saturated rings. The van der Waals surface area contributed by atoms with Gasteiger partial charge in [0.25, 0.3) is 0 Å². The van der Waals surface area contributed by atoms with Crippen LogP contribution < -0.4 is 15.4 Å². The van der Waals surface area contributed by atoms with Gasteiger partial charge in [-0.1, -0.05) is 0 Å². The molecule has 0 aliphatic heterocycles. The van der Waals surface area contributed by atoms with Gasteiger partial charge < -0.3 is 15.4 Å². The summed E-state index contributed by atoms with van der Waals surface area (Å²) >= 11 is 0. The van der Waals surface area contributed by atoms with Crippen molar-refractivity contribution in [2.24, 2.45) is 0 Å². The molecule has 0 spiro atoms. The zero-order chi connectivity index (χ0) is 11.3. The van der Waals surface area contributed by atoms with Crippen molar-refractivity contribution in [3.05, 3.63) is 18.2 Å². The lowest BCUT2D eigenvalue weighted by atomic mass is 10.2. The number of hydrogen-bond donors (Lipinski definition) is 2. The van der Waals surface area contributed by atoms with E-state index in [1.54, 1.807) is 7.11 Å². The fraction of sp³-hybridized carbons (Fsp3) is 0.364. The first kappa shape index (κ1) is 11.4. The SMILES string of the molecule is CCNc1ccc(NC(C)=O)c(OC)c1. The Morgan fingerprint density at radius 2 is 2.20 bits per heavy atom. The van der Waals surface area contributed by atoms with E-state index in [1.165, 1.54) is 6.92 Å². The predicted molar refractivity (Wildman–Crippen MR) is 61.5 cm³/mol. The van der Waals surface area contributed by atoms with Crippen LogP contribution in [0.4, 0.5) is 11.4 Å². The Balaban J connectivity index is 2.92. The Morgan fingerprint density at radius 3 is 2.73 bits per heavy atom. The number of carbonyl (C=O) groups excluding carboxylic acids is 1. The molecule has 0 aliphatic carbocycles. The Bertz CT molecular complexity index is 350. The van der Waals surface area contributed by atoms with E-state index in [2.05, 4.69) is 10.6 Å². The van der Waals surface area contributed by atoms with Crippen molar-refractivity contribution < 1.29 is 9.53 Å². The highest BCUT2D eigenvalue weighted by Crippen LogP contribution is 2.27. The molecule has 4 nitrogen and oxygen atoms in total. The van der Waals surface area contributed by atoms with Crippen LogP contribution >= 0.6 is 0 Å². The minimum absolute atomic E-state index is 0.107. The maximum atomic E-state index is 10.9. The van der Waals surface area contributed by atoms with Crippen LogP contribution in [-0.4, -0.2) is 19.6 Å². The van der Waals surface area contributed by atoms with E-state index in [4.69, 9.17) is 4.74 Å². The van der Waals surface area contributed by atoms with Gasteiger partial charge in [-0.25, -0.2) is 0 Å². The maximum absolute atomic E-state index is 10.9. The number of methoxy groups -OCH3 is 1. The van der Waals surface area contributed by atoms with Crippen LogP contribution in [0.25, 0.3) is 0 Å². The summed E-state index contributed by atoms with van der Waals surface area (Å²) in [6.45, 7) is 4.34. The summed E-state index contributed by atoms with van der Waals surface area (Å²) in [5.74, 6) is 0.549. The van der Waals surface area contributed by atoms with Crippen LogP contribution in [0.3, 0.4) is 0 Å². The summed E-state index contributed by atoms with van der Waals surface area (Å²) < 4.78 is 5.18. The molecule has 0 aromatic heterocycles. The van der Waals surface area contributed by atoms with Crippen LogP contribution in [-0.2, 0) is 4.79 Å². The van der Waals surface area contributed by atoms with Gasteiger partial charge in [-0.05, 0) is 19.1 Å². The van der Waals surface area contributed by atoms with Crippen LogP contribution in [0.15, 0.2) is 18.2 Å². The summed E-state index contributed by atoms with van der Waals surface area (Å²) in [4.78, 5) is 10.9. The monoisotopic (exact) mass is 208 g/mol. The second-order valence-corrected chi connectivity index (χ2v) is 3.13. The summed E-state index contributed by atoms with van der Waals surface area (Å²) in [5.41, 5.74) is 1.66. The first-order valence-corrected chi connectivity index (χ1v) is 4.87. The summed E-state index contributed by atoms with van der Waals surface area (Å²) in [7, 11) is 1.58. The van der Waals surface area contributed by atoms with Crippen molar-refractivity contribution in [1.29, 1.82) is 0 Å². The average Bonchev–Trinajstić information content (AvgIpc) is 2.20. The fourth-order valence-corrected chi connectivity index (χ4v) is 1.30. The van der Waals surface area contributed by atoms with Gasteiger partial charge in [0.2, 0.25) is 5.91 Å². The highest BCUT2D eigenvalue weighted by atomic mass is 16.5. The van der Waals surface area contributed by atoms with Gasteiger partial charge in [0.1, 0.15) is 5.75 Å². The number of rotatable bonds is 4. The topological polar surface area (TPSA) is 50.4 Å². The Kier molecular flexibility index (Phi) is 3.97. The van der Waals surface area contributed by atoms with Crippen molar-refractivity contribution >= 4 is 17.3 Å². The van der Waals surface area contributed by atoms with E-state index in [0.717, 1.165) is 12.2 Å². The molecule has 15 heavy (non-hydrogen) atoms. The molecular weight excluding hydrogens is 192 g/mol. The number of amides is 1. The molecule has 2 N–H and O–H groups in total. The van der Waals surface area contributed by atoms with E-state index in [9.17, 15) is 4.79 Å². The molecular formula is C11H16N2O2. The number of benzene rings is 1. The third-order valence-corrected chi connectivity index (χ3v) is 1.89. The second-order valence-electron chi connectivity index (χ2n) is 3.13. The first-order chi connectivity index (χ1) is 7.17. The summed E-state index contributed by atoms with van der Waals surface area (Å²) in [5, 5.41) is 5.87. The molecule has 0 saturated carbocycles. The third kappa shape index (κ3) is 3.16. The molecule has 1 aromatic carbocycles. The van der Waals surface area contributed by atoms with Crippen LogP contribution in [0.1, 0.15) is 13.8 Å². The minimum Gasteiger partial charge on any atom is -0.494 e. The van der Waals surface area contributed by atoms with Gasteiger partial charge in [0.05, 0.1) is 12.8 Å². The molecule has 82 valence electrons. The predicted octanol–water partition coefficient (Wildman–Crippen LogP) is 2.09. The molecule has 0 unspecified atom stereocenters. The van der Waals surface area contributed by atoms with Crippen LogP contribution in [0, 0.1) is 0 Å². The first-order valence-electron chi connectivity index (χ1n) is 4.87. The van der Waals surface area contributed by atoms with Crippen molar-refractivity contribution in [3.8, 4) is 5.75 Å². The van der Waals surface area contributed by atoms with Crippen molar-refractivity contribution in [3.63, 3.8) is 0 Å². The maximum Gasteiger partial charge on any atom is 0.221 e. The van der Waals surface area contributed by atoms with Crippen LogP contribution in [0.5, 0.6) is 5.75 Å². The summed E-state index contributed by atoms with van der Waals surface area (Å²) in [6, 6.07) is 5.57. The number of anilines is 2. The van der Waals surface area contributed by atoms with Gasteiger partial charge in [0, 0.05) is 25.2 Å². The molecule has 1 aromatic rings. The van der Waals surface area contributed by atoms with Gasteiger partial charge >= 0.3 is 0 Å². The van der Waals surface area contributed by atoms with E-state index in [1.807, 2.05) is 25.1 Å². The Morgan fingerprint density at radius 1 is 1.47 bits per heavy atom. The molecule has 1 rings (SSSR count). The van der Waals surface area contributed by atoms with Crippen LogP contribution in [0.2, 0.25) is 0 Å². The lowest BCUT2D eigenvalue weighted by Gasteiger charge is -2.11. The molecule has 0 aliphatic rings. The zero-order valence-electron chi connectivity index (χ0n) is 9.26. The molecule has 0 radical (unpaired) electrons. The number of ether oxygens (including phenoxy) is 1. The van der Waals surface area contributed by atoms with Crippen molar-refractivity contribution in [2.45, 2.75) is 13.8 Å². The second kappa shape index (κ2) is 5.24. The minimum atomic E-state index is -0.107. The average molecular weight is 208 g/mol. The van der Waals surface area contributed by atoms with E-state index in [-0.39, 0.29) is 5.91 Å². The highest BCUT2D eigenvalue weighted by Gasteiger charge is 2.04. The summed E-state index contributed by atoms with van der Waals surface area (Å²) in [6.07, 6.45) is 0. The molecule has 0 atom stereocenters. The smallest absolute Gasteiger partial charge is 0.221 e. The molecule has 1 amide bonds. The van der Waals surface area contributed by atoms with Crippen molar-refractivity contribution in [1.82, 2.24) is 0 Å². The zero-order valence-corrected chi connectivity index (χ0v) is 9.26. The normalized spacial score (nSPS) is 9.53. The third-order valence-electron chi connectivity index (χ3n) is 1.89. The van der Waals surface area contributed by atoms with Crippen molar-refractivity contribution in [2.75, 3.05) is 24.3 Å². The van der Waals surface area contributed by atoms with E-state index in [0.29, 0.717) is 11.4 Å². The highest BCUT2D eigenvalue weighted by molar-refractivity contribution is 5.90. The van der Waals surface area contributed by atoms with Gasteiger partial charge in [-0.15, -0.1) is 0 Å². The lowest BCUT2D eigenvalue weighted by Crippen LogP contribution is -2.07. The number of hydrogen-bond acceptors (Lipinski definition) is 3. The molecule has 4 heteroatoms. The Labute approximate surface area is 89.6 Å². The quantitative estimate of drug-likeness (QED) is 0.796. The molecule has 0 saturated heterocycles. The molecule has 0 heterocycles. The standard InChI is InChI=1S/C11H16N2O2/c1-4-12-9-5-6-10(13-8(2)14)11(7-9)15-3/h5-7,12H,4H2,1-3H3,(H,13,14).